The fraction of sp³-hybridized carbons (Fsp3) is 0.316. The lowest BCUT2D eigenvalue weighted by atomic mass is 10.1. The van der Waals surface area contributed by atoms with E-state index in [-0.39, 0.29) is 5.91 Å². The molecule has 4 nitrogen and oxygen atoms in total. The van der Waals surface area contributed by atoms with Gasteiger partial charge in [0.25, 0.3) is 0 Å². The van der Waals surface area contributed by atoms with Crippen molar-refractivity contribution in [1.29, 1.82) is 0 Å². The Morgan fingerprint density at radius 1 is 1.12 bits per heavy atom. The molecular weight excluding hydrogens is 350 g/mol. The van der Waals surface area contributed by atoms with Crippen LogP contribution in [-0.4, -0.2) is 15.9 Å². The van der Waals surface area contributed by atoms with E-state index >= 15 is 0 Å². The molecule has 0 spiro atoms. The first-order valence-corrected chi connectivity index (χ1v) is 10.0. The molecule has 0 fully saturated rings. The molecule has 130 valence electrons. The second-order valence-corrected chi connectivity index (χ2v) is 8.18. The summed E-state index contributed by atoms with van der Waals surface area (Å²) in [6.07, 6.45) is 2.19. The SMILES string of the molecule is CCCC(=O)Nc1ccc(-c2nc(Cc3nc(C)cs3)sc2C)cc1. The Morgan fingerprint density at radius 2 is 1.88 bits per heavy atom. The molecule has 0 saturated carbocycles. The monoisotopic (exact) mass is 371 g/mol. The smallest absolute Gasteiger partial charge is 0.224 e. The molecule has 6 heteroatoms. The van der Waals surface area contributed by atoms with Crippen LogP contribution >= 0.6 is 22.7 Å². The molecule has 0 unspecified atom stereocenters. The number of rotatable bonds is 6. The predicted octanol–water partition coefficient (Wildman–Crippen LogP) is 5.21. The van der Waals surface area contributed by atoms with Crippen molar-refractivity contribution < 1.29 is 4.79 Å². The van der Waals surface area contributed by atoms with Crippen molar-refractivity contribution in [1.82, 2.24) is 9.97 Å². The molecule has 2 heterocycles. The van der Waals surface area contributed by atoms with Crippen molar-refractivity contribution in [3.05, 3.63) is 50.2 Å². The average molecular weight is 372 g/mol. The Balaban J connectivity index is 1.74. The fourth-order valence-electron chi connectivity index (χ4n) is 2.57. The van der Waals surface area contributed by atoms with E-state index in [1.54, 1.807) is 22.7 Å². The molecule has 25 heavy (non-hydrogen) atoms. The maximum atomic E-state index is 11.7. The van der Waals surface area contributed by atoms with Crippen molar-refractivity contribution in [2.24, 2.45) is 0 Å². The second-order valence-electron chi connectivity index (χ2n) is 5.95. The normalized spacial score (nSPS) is 10.8. The van der Waals surface area contributed by atoms with Gasteiger partial charge in [-0.3, -0.25) is 4.79 Å². The van der Waals surface area contributed by atoms with Gasteiger partial charge in [-0.25, -0.2) is 9.97 Å². The number of carbonyl (C=O) groups is 1. The minimum absolute atomic E-state index is 0.0566. The van der Waals surface area contributed by atoms with Crippen molar-refractivity contribution in [3.8, 4) is 11.3 Å². The number of aryl methyl sites for hydroxylation is 2. The third-order valence-corrected chi connectivity index (χ3v) is 5.67. The highest BCUT2D eigenvalue weighted by Gasteiger charge is 2.12. The first-order chi connectivity index (χ1) is 12.0. The molecular formula is C19H21N3OS2. The van der Waals surface area contributed by atoms with Gasteiger partial charge >= 0.3 is 0 Å². The van der Waals surface area contributed by atoms with E-state index in [1.165, 1.54) is 4.88 Å². The summed E-state index contributed by atoms with van der Waals surface area (Å²) >= 11 is 3.40. The first-order valence-electron chi connectivity index (χ1n) is 8.32. The van der Waals surface area contributed by atoms with Crippen LogP contribution in [0.2, 0.25) is 0 Å². The molecule has 0 aliphatic heterocycles. The van der Waals surface area contributed by atoms with Crippen LogP contribution < -0.4 is 5.32 Å². The quantitative estimate of drug-likeness (QED) is 0.647. The van der Waals surface area contributed by atoms with Crippen LogP contribution in [-0.2, 0) is 11.2 Å². The lowest BCUT2D eigenvalue weighted by molar-refractivity contribution is -0.116. The fourth-order valence-corrected chi connectivity index (χ4v) is 4.40. The van der Waals surface area contributed by atoms with E-state index in [4.69, 9.17) is 4.98 Å². The topological polar surface area (TPSA) is 54.9 Å². The molecule has 2 aromatic heterocycles. The van der Waals surface area contributed by atoms with Gasteiger partial charge in [0, 0.05) is 33.6 Å². The van der Waals surface area contributed by atoms with Crippen molar-refractivity contribution in [3.63, 3.8) is 0 Å². The van der Waals surface area contributed by atoms with Crippen LogP contribution in [0.5, 0.6) is 0 Å². The van der Waals surface area contributed by atoms with Gasteiger partial charge in [-0.1, -0.05) is 19.1 Å². The molecule has 3 rings (SSSR count). The average Bonchev–Trinajstić information content (AvgIpc) is 3.14. The van der Waals surface area contributed by atoms with Gasteiger partial charge in [-0.15, -0.1) is 22.7 Å². The third kappa shape index (κ3) is 4.52. The number of nitrogens with one attached hydrogen (secondary N) is 1. The summed E-state index contributed by atoms with van der Waals surface area (Å²) in [5, 5.41) is 7.17. The summed E-state index contributed by atoms with van der Waals surface area (Å²) in [6, 6.07) is 7.90. The van der Waals surface area contributed by atoms with E-state index in [0.717, 1.165) is 45.5 Å². The maximum absolute atomic E-state index is 11.7. The van der Waals surface area contributed by atoms with Gasteiger partial charge < -0.3 is 5.32 Å². The van der Waals surface area contributed by atoms with Crippen LogP contribution in [0.25, 0.3) is 11.3 Å². The number of amides is 1. The maximum Gasteiger partial charge on any atom is 0.224 e. The predicted molar refractivity (Wildman–Crippen MR) is 105 cm³/mol. The minimum Gasteiger partial charge on any atom is -0.326 e. The lowest BCUT2D eigenvalue weighted by Gasteiger charge is -2.05. The van der Waals surface area contributed by atoms with E-state index in [1.807, 2.05) is 38.1 Å². The molecule has 0 aliphatic carbocycles. The van der Waals surface area contributed by atoms with Crippen LogP contribution in [0, 0.1) is 13.8 Å². The zero-order valence-corrected chi connectivity index (χ0v) is 16.3. The number of nitrogens with zero attached hydrogens (tertiary/aromatic N) is 2. The molecule has 3 aromatic rings. The Kier molecular flexibility index (Phi) is 5.60. The van der Waals surface area contributed by atoms with Gasteiger partial charge in [-0.05, 0) is 32.4 Å². The highest BCUT2D eigenvalue weighted by atomic mass is 32.1. The van der Waals surface area contributed by atoms with Gasteiger partial charge in [0.2, 0.25) is 5.91 Å². The van der Waals surface area contributed by atoms with Crippen LogP contribution in [0.15, 0.2) is 29.6 Å². The van der Waals surface area contributed by atoms with Crippen LogP contribution in [0.3, 0.4) is 0 Å². The zero-order chi connectivity index (χ0) is 17.8. The number of thiazole rings is 2. The zero-order valence-electron chi connectivity index (χ0n) is 14.6. The lowest BCUT2D eigenvalue weighted by Crippen LogP contribution is -2.10. The standard InChI is InChI=1S/C19H21N3OS2/c1-4-5-16(23)21-15-8-6-14(7-9-15)19-13(3)25-18(22-19)10-17-20-12(2)11-24-17/h6-9,11H,4-5,10H2,1-3H3,(H,21,23). The van der Waals surface area contributed by atoms with E-state index in [0.29, 0.717) is 6.42 Å². The molecule has 1 amide bonds. The largest absolute Gasteiger partial charge is 0.326 e. The van der Waals surface area contributed by atoms with Gasteiger partial charge in [0.15, 0.2) is 0 Å². The minimum atomic E-state index is 0.0566. The van der Waals surface area contributed by atoms with Crippen molar-refractivity contribution >= 4 is 34.3 Å². The van der Waals surface area contributed by atoms with E-state index in [9.17, 15) is 4.79 Å². The molecule has 0 atom stereocenters. The molecule has 1 aromatic carbocycles. The van der Waals surface area contributed by atoms with Crippen molar-refractivity contribution in [2.45, 2.75) is 40.0 Å². The Morgan fingerprint density at radius 3 is 2.52 bits per heavy atom. The summed E-state index contributed by atoms with van der Waals surface area (Å²) in [5.41, 5.74) is 3.98. The summed E-state index contributed by atoms with van der Waals surface area (Å²) in [7, 11) is 0. The summed E-state index contributed by atoms with van der Waals surface area (Å²) in [4.78, 5) is 22.2. The summed E-state index contributed by atoms with van der Waals surface area (Å²) in [5.74, 6) is 0.0566. The number of aromatic nitrogens is 2. The molecule has 0 aliphatic rings. The number of benzene rings is 1. The highest BCUT2D eigenvalue weighted by molar-refractivity contribution is 7.12. The summed E-state index contributed by atoms with van der Waals surface area (Å²) in [6.45, 7) is 6.11. The number of hydrogen-bond donors (Lipinski definition) is 1. The molecule has 0 saturated heterocycles. The highest BCUT2D eigenvalue weighted by Crippen LogP contribution is 2.30. The van der Waals surface area contributed by atoms with Crippen LogP contribution in [0.4, 0.5) is 5.69 Å². The van der Waals surface area contributed by atoms with Gasteiger partial charge in [0.05, 0.1) is 17.1 Å². The van der Waals surface area contributed by atoms with E-state index < -0.39 is 0 Å². The number of anilines is 1. The van der Waals surface area contributed by atoms with E-state index in [2.05, 4.69) is 22.6 Å². The van der Waals surface area contributed by atoms with Crippen LogP contribution in [0.1, 0.15) is 40.4 Å². The Labute approximate surface area is 156 Å². The molecule has 0 bridgehead atoms. The van der Waals surface area contributed by atoms with Crippen molar-refractivity contribution in [2.75, 3.05) is 5.32 Å². The Bertz CT molecular complexity index is 865. The second kappa shape index (κ2) is 7.89. The molecule has 0 radical (unpaired) electrons. The Hall–Kier alpha value is -2.05. The van der Waals surface area contributed by atoms with Gasteiger partial charge in [0.1, 0.15) is 5.01 Å². The first kappa shape index (κ1) is 17.8. The molecule has 1 N–H and O–H groups in total. The van der Waals surface area contributed by atoms with Gasteiger partial charge in [-0.2, -0.15) is 0 Å². The number of hydrogen-bond acceptors (Lipinski definition) is 5. The summed E-state index contributed by atoms with van der Waals surface area (Å²) < 4.78 is 0. The third-order valence-electron chi connectivity index (χ3n) is 3.73. The number of carbonyl (C=O) groups excluding carboxylic acids is 1.